The smallest absolute Gasteiger partial charge is 0.128 e. The molecule has 0 amide bonds. The fraction of sp³-hybridized carbons (Fsp3) is 0.214. The van der Waals surface area contributed by atoms with Crippen molar-refractivity contribution in [3.05, 3.63) is 57.7 Å². The van der Waals surface area contributed by atoms with Gasteiger partial charge in [0.25, 0.3) is 0 Å². The van der Waals surface area contributed by atoms with Gasteiger partial charge in [0.05, 0.1) is 5.02 Å². The van der Waals surface area contributed by atoms with Crippen LogP contribution in [0.4, 0.5) is 5.82 Å². The minimum absolute atomic E-state index is 0.378. The molecule has 5 heteroatoms. The Morgan fingerprint density at radius 2 is 1.84 bits per heavy atom. The summed E-state index contributed by atoms with van der Waals surface area (Å²) in [7, 11) is 1.98. The number of hydrogen-bond acceptors (Lipinski definition) is 2. The van der Waals surface area contributed by atoms with Crippen LogP contribution in [0.15, 0.2) is 36.5 Å². The van der Waals surface area contributed by atoms with E-state index in [4.69, 9.17) is 34.8 Å². The van der Waals surface area contributed by atoms with E-state index in [9.17, 15) is 0 Å². The van der Waals surface area contributed by atoms with Crippen LogP contribution in [-0.4, -0.2) is 12.0 Å². The normalized spacial score (nSPS) is 10.5. The number of hydrogen-bond donors (Lipinski definition) is 0. The number of pyridine rings is 1. The van der Waals surface area contributed by atoms with E-state index in [-0.39, 0.29) is 0 Å². The summed E-state index contributed by atoms with van der Waals surface area (Å²) >= 11 is 17.7. The lowest BCUT2D eigenvalue weighted by Crippen LogP contribution is -2.17. The third-order valence-corrected chi connectivity index (χ3v) is 3.67. The van der Waals surface area contributed by atoms with E-state index in [0.717, 1.165) is 28.5 Å². The Kier molecular flexibility index (Phi) is 4.92. The lowest BCUT2D eigenvalue weighted by molar-refractivity contribution is 0.896. The Labute approximate surface area is 127 Å². The van der Waals surface area contributed by atoms with Gasteiger partial charge in [-0.2, -0.15) is 0 Å². The highest BCUT2D eigenvalue weighted by Crippen LogP contribution is 2.22. The van der Waals surface area contributed by atoms with Crippen LogP contribution in [0.3, 0.4) is 0 Å². The van der Waals surface area contributed by atoms with Crippen molar-refractivity contribution >= 4 is 40.6 Å². The molecule has 1 aromatic carbocycles. The molecule has 0 N–H and O–H groups in total. The summed E-state index contributed by atoms with van der Waals surface area (Å²) in [5.74, 6) is 1.22. The second-order valence-corrected chi connectivity index (χ2v) is 5.36. The van der Waals surface area contributed by atoms with Crippen LogP contribution >= 0.6 is 34.8 Å². The quantitative estimate of drug-likeness (QED) is 0.756. The lowest BCUT2D eigenvalue weighted by Gasteiger charge is -2.19. The Morgan fingerprint density at radius 3 is 2.47 bits per heavy atom. The van der Waals surface area contributed by atoms with Gasteiger partial charge in [-0.05, 0) is 29.3 Å². The average molecular weight is 316 g/mol. The summed E-state index contributed by atoms with van der Waals surface area (Å²) in [6, 6.07) is 9.66. The Balaban J connectivity index is 2.15. The predicted octanol–water partition coefficient (Wildman–Crippen LogP) is 4.76. The molecule has 1 heterocycles. The number of rotatable bonds is 4. The first-order valence-corrected chi connectivity index (χ1v) is 7.05. The molecule has 2 aromatic rings. The van der Waals surface area contributed by atoms with Gasteiger partial charge in [-0.3, -0.25) is 0 Å². The number of halogens is 3. The van der Waals surface area contributed by atoms with E-state index < -0.39 is 0 Å². The SMILES string of the molecule is CN(Cc1ccc(Cl)cc1)c1cc(CCl)c(Cl)cn1. The van der Waals surface area contributed by atoms with Crippen LogP contribution in [0.5, 0.6) is 0 Å². The summed E-state index contributed by atoms with van der Waals surface area (Å²) in [6.07, 6.45) is 1.63. The first-order chi connectivity index (χ1) is 9.10. The highest BCUT2D eigenvalue weighted by Gasteiger charge is 2.07. The number of aromatic nitrogens is 1. The first-order valence-electron chi connectivity index (χ1n) is 5.76. The van der Waals surface area contributed by atoms with Crippen molar-refractivity contribution in [3.8, 4) is 0 Å². The zero-order valence-electron chi connectivity index (χ0n) is 10.4. The van der Waals surface area contributed by atoms with Gasteiger partial charge in [0.15, 0.2) is 0 Å². The molecule has 0 saturated carbocycles. The maximum absolute atomic E-state index is 6.00. The van der Waals surface area contributed by atoms with Crippen molar-refractivity contribution in [1.29, 1.82) is 0 Å². The number of alkyl halides is 1. The van der Waals surface area contributed by atoms with E-state index in [1.165, 1.54) is 0 Å². The summed E-state index contributed by atoms with van der Waals surface area (Å²) < 4.78 is 0. The van der Waals surface area contributed by atoms with Crippen LogP contribution in [0, 0.1) is 0 Å². The Morgan fingerprint density at radius 1 is 1.16 bits per heavy atom. The van der Waals surface area contributed by atoms with Crippen molar-refractivity contribution in [2.75, 3.05) is 11.9 Å². The molecule has 0 aliphatic rings. The average Bonchev–Trinajstić information content (AvgIpc) is 2.42. The van der Waals surface area contributed by atoms with Crippen molar-refractivity contribution in [2.45, 2.75) is 12.4 Å². The molecule has 0 bridgehead atoms. The molecule has 0 radical (unpaired) electrons. The minimum atomic E-state index is 0.378. The van der Waals surface area contributed by atoms with Crippen molar-refractivity contribution in [1.82, 2.24) is 4.98 Å². The zero-order valence-corrected chi connectivity index (χ0v) is 12.7. The van der Waals surface area contributed by atoms with Crippen LogP contribution in [0.25, 0.3) is 0 Å². The van der Waals surface area contributed by atoms with Crippen molar-refractivity contribution < 1.29 is 0 Å². The van der Waals surface area contributed by atoms with E-state index in [1.54, 1.807) is 6.20 Å². The van der Waals surface area contributed by atoms with Crippen molar-refractivity contribution in [2.24, 2.45) is 0 Å². The molecule has 0 unspecified atom stereocenters. The number of nitrogens with zero attached hydrogens (tertiary/aromatic N) is 2. The van der Waals surface area contributed by atoms with E-state index in [2.05, 4.69) is 4.98 Å². The molecule has 2 rings (SSSR count). The van der Waals surface area contributed by atoms with E-state index in [1.807, 2.05) is 42.3 Å². The van der Waals surface area contributed by atoms with Gasteiger partial charge < -0.3 is 4.90 Å². The maximum Gasteiger partial charge on any atom is 0.128 e. The van der Waals surface area contributed by atoms with Crippen LogP contribution < -0.4 is 4.90 Å². The molecule has 0 atom stereocenters. The first kappa shape index (κ1) is 14.4. The predicted molar refractivity (Wildman–Crippen MR) is 82.4 cm³/mol. The highest BCUT2D eigenvalue weighted by atomic mass is 35.5. The Bertz CT molecular complexity index is 555. The van der Waals surface area contributed by atoms with Gasteiger partial charge in [-0.1, -0.05) is 35.3 Å². The minimum Gasteiger partial charge on any atom is -0.355 e. The van der Waals surface area contributed by atoms with E-state index >= 15 is 0 Å². The summed E-state index contributed by atoms with van der Waals surface area (Å²) in [6.45, 7) is 0.744. The van der Waals surface area contributed by atoms with Crippen LogP contribution in [0.1, 0.15) is 11.1 Å². The summed E-state index contributed by atoms with van der Waals surface area (Å²) in [5.41, 5.74) is 2.05. The standard InChI is InChI=1S/C14H13Cl3N2/c1-19(9-10-2-4-12(16)5-3-10)14-6-11(7-15)13(17)8-18-14/h2-6,8H,7,9H2,1H3. The van der Waals surface area contributed by atoms with Crippen LogP contribution in [0.2, 0.25) is 10.0 Å². The molecule has 100 valence electrons. The van der Waals surface area contributed by atoms with Crippen molar-refractivity contribution in [3.63, 3.8) is 0 Å². The van der Waals surface area contributed by atoms with Gasteiger partial charge in [-0.25, -0.2) is 4.98 Å². The molecule has 0 spiro atoms. The Hall–Kier alpha value is -0.960. The fourth-order valence-electron chi connectivity index (χ4n) is 1.72. The lowest BCUT2D eigenvalue weighted by atomic mass is 10.2. The second kappa shape index (κ2) is 6.47. The molecular formula is C14H13Cl3N2. The second-order valence-electron chi connectivity index (χ2n) is 4.25. The molecule has 0 saturated heterocycles. The molecule has 2 nitrogen and oxygen atoms in total. The molecule has 0 aliphatic carbocycles. The maximum atomic E-state index is 6.00. The monoisotopic (exact) mass is 314 g/mol. The molecule has 0 fully saturated rings. The summed E-state index contributed by atoms with van der Waals surface area (Å²) in [5, 5.41) is 1.33. The summed E-state index contributed by atoms with van der Waals surface area (Å²) in [4.78, 5) is 6.35. The van der Waals surface area contributed by atoms with Gasteiger partial charge >= 0.3 is 0 Å². The van der Waals surface area contributed by atoms with E-state index in [0.29, 0.717) is 10.9 Å². The largest absolute Gasteiger partial charge is 0.355 e. The highest BCUT2D eigenvalue weighted by molar-refractivity contribution is 6.32. The molecule has 1 aromatic heterocycles. The number of benzene rings is 1. The van der Waals surface area contributed by atoms with Gasteiger partial charge in [0.2, 0.25) is 0 Å². The molecule has 19 heavy (non-hydrogen) atoms. The molecule has 0 aliphatic heterocycles. The third kappa shape index (κ3) is 3.75. The molecular weight excluding hydrogens is 303 g/mol. The van der Waals surface area contributed by atoms with Gasteiger partial charge in [0, 0.05) is 30.7 Å². The zero-order chi connectivity index (χ0) is 13.8. The van der Waals surface area contributed by atoms with Gasteiger partial charge in [-0.15, -0.1) is 11.6 Å². The fourth-order valence-corrected chi connectivity index (χ4v) is 2.31. The van der Waals surface area contributed by atoms with Gasteiger partial charge in [0.1, 0.15) is 5.82 Å². The van der Waals surface area contributed by atoms with Crippen LogP contribution in [-0.2, 0) is 12.4 Å². The number of anilines is 1. The topological polar surface area (TPSA) is 16.1 Å². The third-order valence-electron chi connectivity index (χ3n) is 2.79.